The second-order valence-electron chi connectivity index (χ2n) is 4.87. The molecule has 0 N–H and O–H groups in total. The number of benzene rings is 2. The van der Waals surface area contributed by atoms with E-state index in [1.54, 1.807) is 0 Å². The lowest BCUT2D eigenvalue weighted by atomic mass is 9.87. The first kappa shape index (κ1) is 13.8. The molecule has 98 valence electrons. The molecule has 0 saturated carbocycles. The standard InChI is InChI=1S/C17H17ClO/c1-12-8-9-15(10-13(12)2)16(11-17(18)19)14-6-4-3-5-7-14/h3-10,16H,11H2,1-2H3. The molecular formula is C17H17ClO. The van der Waals surface area contributed by atoms with Crippen LogP contribution in [0.5, 0.6) is 0 Å². The average molecular weight is 273 g/mol. The SMILES string of the molecule is Cc1ccc(C(CC(=O)Cl)c2ccccc2)cc1C. The summed E-state index contributed by atoms with van der Waals surface area (Å²) in [7, 11) is 0. The molecule has 0 spiro atoms. The fourth-order valence-corrected chi connectivity index (χ4v) is 2.41. The molecule has 1 nitrogen and oxygen atoms in total. The van der Waals surface area contributed by atoms with Gasteiger partial charge in [-0.15, -0.1) is 0 Å². The van der Waals surface area contributed by atoms with Crippen molar-refractivity contribution in [2.75, 3.05) is 0 Å². The van der Waals surface area contributed by atoms with Crippen molar-refractivity contribution in [3.05, 3.63) is 70.8 Å². The first-order valence-electron chi connectivity index (χ1n) is 6.38. The van der Waals surface area contributed by atoms with Gasteiger partial charge in [0.2, 0.25) is 5.24 Å². The van der Waals surface area contributed by atoms with Crippen LogP contribution in [0.2, 0.25) is 0 Å². The Kier molecular flexibility index (Phi) is 4.39. The number of carbonyl (C=O) groups excluding carboxylic acids is 1. The van der Waals surface area contributed by atoms with Crippen molar-refractivity contribution in [1.29, 1.82) is 0 Å². The van der Waals surface area contributed by atoms with Gasteiger partial charge in [0.15, 0.2) is 0 Å². The fourth-order valence-electron chi connectivity index (χ4n) is 2.26. The van der Waals surface area contributed by atoms with Crippen LogP contribution in [0, 0.1) is 13.8 Å². The minimum Gasteiger partial charge on any atom is -0.281 e. The predicted molar refractivity (Wildman–Crippen MR) is 79.7 cm³/mol. The Hall–Kier alpha value is -1.60. The summed E-state index contributed by atoms with van der Waals surface area (Å²) < 4.78 is 0. The lowest BCUT2D eigenvalue weighted by Gasteiger charge is -2.17. The Morgan fingerprint density at radius 2 is 1.68 bits per heavy atom. The molecule has 0 amide bonds. The number of hydrogen-bond donors (Lipinski definition) is 0. The highest BCUT2D eigenvalue weighted by Gasteiger charge is 2.17. The van der Waals surface area contributed by atoms with Crippen LogP contribution in [-0.4, -0.2) is 5.24 Å². The van der Waals surface area contributed by atoms with Gasteiger partial charge in [0.05, 0.1) is 0 Å². The normalized spacial score (nSPS) is 12.2. The zero-order valence-corrected chi connectivity index (χ0v) is 11.9. The van der Waals surface area contributed by atoms with Crippen molar-refractivity contribution in [3.8, 4) is 0 Å². The lowest BCUT2D eigenvalue weighted by molar-refractivity contribution is -0.111. The summed E-state index contributed by atoms with van der Waals surface area (Å²) in [6, 6.07) is 16.4. The van der Waals surface area contributed by atoms with Gasteiger partial charge < -0.3 is 0 Å². The molecule has 19 heavy (non-hydrogen) atoms. The van der Waals surface area contributed by atoms with E-state index >= 15 is 0 Å². The number of carbonyl (C=O) groups is 1. The van der Waals surface area contributed by atoms with E-state index in [4.69, 9.17) is 11.6 Å². The molecule has 0 aliphatic carbocycles. The zero-order chi connectivity index (χ0) is 13.8. The van der Waals surface area contributed by atoms with Crippen LogP contribution >= 0.6 is 11.6 Å². The van der Waals surface area contributed by atoms with E-state index in [0.717, 1.165) is 11.1 Å². The molecule has 0 aliphatic rings. The van der Waals surface area contributed by atoms with Gasteiger partial charge in [0.25, 0.3) is 0 Å². The Morgan fingerprint density at radius 3 is 2.26 bits per heavy atom. The highest BCUT2D eigenvalue weighted by molar-refractivity contribution is 6.63. The van der Waals surface area contributed by atoms with Gasteiger partial charge in [-0.3, -0.25) is 4.79 Å². The number of halogens is 1. The van der Waals surface area contributed by atoms with Crippen molar-refractivity contribution >= 4 is 16.8 Å². The summed E-state index contributed by atoms with van der Waals surface area (Å²) in [5.74, 6) is 0.0329. The van der Waals surface area contributed by atoms with E-state index in [-0.39, 0.29) is 11.2 Å². The van der Waals surface area contributed by atoms with Crippen molar-refractivity contribution in [1.82, 2.24) is 0 Å². The van der Waals surface area contributed by atoms with E-state index in [9.17, 15) is 4.79 Å². The van der Waals surface area contributed by atoms with Crippen molar-refractivity contribution in [3.63, 3.8) is 0 Å². The van der Waals surface area contributed by atoms with Crippen molar-refractivity contribution in [2.24, 2.45) is 0 Å². The Bertz CT molecular complexity index is 575. The summed E-state index contributed by atoms with van der Waals surface area (Å²) in [6.45, 7) is 4.17. The van der Waals surface area contributed by atoms with Crippen LogP contribution in [0.15, 0.2) is 48.5 Å². The Morgan fingerprint density at radius 1 is 1.00 bits per heavy atom. The Labute approximate surface area is 119 Å². The van der Waals surface area contributed by atoms with Gasteiger partial charge in [-0.2, -0.15) is 0 Å². The second-order valence-corrected chi connectivity index (χ2v) is 5.29. The third-order valence-electron chi connectivity index (χ3n) is 3.50. The summed E-state index contributed by atoms with van der Waals surface area (Å²) >= 11 is 5.60. The van der Waals surface area contributed by atoms with Gasteiger partial charge in [0.1, 0.15) is 0 Å². The van der Waals surface area contributed by atoms with Crippen LogP contribution in [0.4, 0.5) is 0 Å². The largest absolute Gasteiger partial charge is 0.281 e. The molecule has 2 heteroatoms. The van der Waals surface area contributed by atoms with Crippen LogP contribution in [-0.2, 0) is 4.79 Å². The van der Waals surface area contributed by atoms with E-state index in [2.05, 4.69) is 32.0 Å². The maximum absolute atomic E-state index is 11.3. The topological polar surface area (TPSA) is 17.1 Å². The predicted octanol–water partition coefficient (Wildman–Crippen LogP) is 4.59. The minimum absolute atomic E-state index is 0.0329. The number of rotatable bonds is 4. The summed E-state index contributed by atoms with van der Waals surface area (Å²) in [5.41, 5.74) is 4.76. The van der Waals surface area contributed by atoms with Crippen LogP contribution in [0.1, 0.15) is 34.6 Å². The lowest BCUT2D eigenvalue weighted by Crippen LogP contribution is -2.05. The highest BCUT2D eigenvalue weighted by atomic mass is 35.5. The monoisotopic (exact) mass is 272 g/mol. The third kappa shape index (κ3) is 3.45. The molecule has 0 heterocycles. The van der Waals surface area contributed by atoms with Gasteiger partial charge in [0, 0.05) is 12.3 Å². The van der Waals surface area contributed by atoms with E-state index in [1.165, 1.54) is 11.1 Å². The average Bonchev–Trinajstić information content (AvgIpc) is 2.40. The van der Waals surface area contributed by atoms with Crippen molar-refractivity contribution < 1.29 is 4.79 Å². The quantitative estimate of drug-likeness (QED) is 0.744. The number of hydrogen-bond acceptors (Lipinski definition) is 1. The summed E-state index contributed by atoms with van der Waals surface area (Å²) in [5, 5.41) is -0.299. The first-order valence-corrected chi connectivity index (χ1v) is 6.76. The summed E-state index contributed by atoms with van der Waals surface area (Å²) in [6.07, 6.45) is 0.327. The van der Waals surface area contributed by atoms with Crippen molar-refractivity contribution in [2.45, 2.75) is 26.2 Å². The molecule has 1 unspecified atom stereocenters. The molecule has 2 aromatic rings. The maximum atomic E-state index is 11.3. The maximum Gasteiger partial charge on any atom is 0.222 e. The third-order valence-corrected chi connectivity index (χ3v) is 3.65. The molecule has 2 aromatic carbocycles. The zero-order valence-electron chi connectivity index (χ0n) is 11.2. The minimum atomic E-state index is -0.299. The van der Waals surface area contributed by atoms with E-state index < -0.39 is 0 Å². The van der Waals surface area contributed by atoms with Gasteiger partial charge in [-0.1, -0.05) is 48.5 Å². The molecule has 2 rings (SSSR count). The smallest absolute Gasteiger partial charge is 0.222 e. The molecule has 0 radical (unpaired) electrons. The fraction of sp³-hybridized carbons (Fsp3) is 0.235. The molecular weight excluding hydrogens is 256 g/mol. The van der Waals surface area contributed by atoms with Gasteiger partial charge >= 0.3 is 0 Å². The van der Waals surface area contributed by atoms with Crippen LogP contribution in [0.3, 0.4) is 0 Å². The van der Waals surface area contributed by atoms with E-state index in [0.29, 0.717) is 6.42 Å². The van der Waals surface area contributed by atoms with Crippen LogP contribution in [0.25, 0.3) is 0 Å². The van der Waals surface area contributed by atoms with Crippen LogP contribution < -0.4 is 0 Å². The highest BCUT2D eigenvalue weighted by Crippen LogP contribution is 2.29. The molecule has 0 saturated heterocycles. The first-order chi connectivity index (χ1) is 9.08. The molecule has 0 aromatic heterocycles. The molecule has 1 atom stereocenters. The van der Waals surface area contributed by atoms with Gasteiger partial charge in [-0.25, -0.2) is 0 Å². The molecule has 0 bridgehead atoms. The van der Waals surface area contributed by atoms with E-state index in [1.807, 2.05) is 30.3 Å². The van der Waals surface area contributed by atoms with Gasteiger partial charge in [-0.05, 0) is 47.7 Å². The second kappa shape index (κ2) is 6.03. The number of aryl methyl sites for hydroxylation is 2. The summed E-state index contributed by atoms with van der Waals surface area (Å²) in [4.78, 5) is 11.3. The molecule has 0 fully saturated rings. The Balaban J connectivity index is 2.42. The molecule has 0 aliphatic heterocycles.